The fraction of sp³-hybridized carbons (Fsp3) is 1.00. The zero-order valence-corrected chi connectivity index (χ0v) is 6.58. The Kier molecular flexibility index (Phi) is 2.82. The summed E-state index contributed by atoms with van der Waals surface area (Å²) in [6.07, 6.45) is 0. The van der Waals surface area contributed by atoms with Crippen LogP contribution in [-0.2, 0) is 0 Å². The van der Waals surface area contributed by atoms with E-state index < -0.39 is 0 Å². The number of nitrogens with one attached hydrogen (secondary N) is 1. The molecule has 3 heteroatoms. The molecule has 1 saturated heterocycles. The Balaban J connectivity index is 2.22. The van der Waals surface area contributed by atoms with E-state index in [9.17, 15) is 0 Å². The molecule has 1 heterocycles. The van der Waals surface area contributed by atoms with Gasteiger partial charge in [-0.3, -0.25) is 0 Å². The molecule has 0 amide bonds. The van der Waals surface area contributed by atoms with E-state index in [0.717, 1.165) is 13.1 Å². The van der Waals surface area contributed by atoms with Crippen molar-refractivity contribution in [3.8, 4) is 0 Å². The topological polar surface area (TPSA) is 38.0 Å². The van der Waals surface area contributed by atoms with Crippen molar-refractivity contribution in [1.82, 2.24) is 5.32 Å². The first-order chi connectivity index (χ1) is 4.34. The molecular formula is C6H14N2S. The van der Waals surface area contributed by atoms with Crippen LogP contribution in [0, 0.1) is 0 Å². The van der Waals surface area contributed by atoms with E-state index in [1.54, 1.807) is 0 Å². The number of hydrogen-bond acceptors (Lipinski definition) is 3. The van der Waals surface area contributed by atoms with Gasteiger partial charge in [0.2, 0.25) is 0 Å². The van der Waals surface area contributed by atoms with Gasteiger partial charge in [0.25, 0.3) is 0 Å². The van der Waals surface area contributed by atoms with Gasteiger partial charge in [-0.25, -0.2) is 0 Å². The van der Waals surface area contributed by atoms with Crippen molar-refractivity contribution in [2.75, 3.05) is 18.8 Å². The molecule has 0 aromatic carbocycles. The lowest BCUT2D eigenvalue weighted by Gasteiger charge is -2.10. The largest absolute Gasteiger partial charge is 0.326 e. The molecule has 3 N–H and O–H groups in total. The van der Waals surface area contributed by atoms with Crippen LogP contribution in [0.15, 0.2) is 0 Å². The second kappa shape index (κ2) is 3.44. The van der Waals surface area contributed by atoms with Gasteiger partial charge in [-0.15, -0.1) is 0 Å². The van der Waals surface area contributed by atoms with Crippen LogP contribution >= 0.6 is 11.8 Å². The summed E-state index contributed by atoms with van der Waals surface area (Å²) in [5.74, 6) is 1.18. The van der Waals surface area contributed by atoms with Crippen LogP contribution in [0.2, 0.25) is 0 Å². The third-order valence-corrected chi connectivity index (χ3v) is 2.86. The molecule has 2 nitrogen and oxygen atoms in total. The van der Waals surface area contributed by atoms with Crippen molar-refractivity contribution in [2.24, 2.45) is 5.73 Å². The maximum Gasteiger partial charge on any atom is 0.0336 e. The van der Waals surface area contributed by atoms with Crippen LogP contribution in [0.4, 0.5) is 0 Å². The van der Waals surface area contributed by atoms with Crippen LogP contribution < -0.4 is 11.1 Å². The van der Waals surface area contributed by atoms with Gasteiger partial charge in [0.1, 0.15) is 0 Å². The minimum absolute atomic E-state index is 0.384. The van der Waals surface area contributed by atoms with E-state index in [1.807, 2.05) is 11.8 Å². The predicted molar refractivity (Wildman–Crippen MR) is 42.8 cm³/mol. The van der Waals surface area contributed by atoms with Gasteiger partial charge in [-0.05, 0) is 5.75 Å². The smallest absolute Gasteiger partial charge is 0.0336 e. The van der Waals surface area contributed by atoms with Crippen molar-refractivity contribution < 1.29 is 0 Å². The maximum atomic E-state index is 5.78. The van der Waals surface area contributed by atoms with Gasteiger partial charge >= 0.3 is 0 Å². The van der Waals surface area contributed by atoms with E-state index in [-0.39, 0.29) is 0 Å². The zero-order valence-electron chi connectivity index (χ0n) is 5.76. The summed E-state index contributed by atoms with van der Waals surface area (Å²) >= 11 is 1.96. The molecule has 0 aromatic rings. The average Bonchev–Trinajstić information content (AvgIpc) is 2.18. The van der Waals surface area contributed by atoms with Crippen molar-refractivity contribution in [2.45, 2.75) is 18.2 Å². The summed E-state index contributed by atoms with van der Waals surface area (Å²) in [5, 5.41) is 3.92. The first-order valence-electron chi connectivity index (χ1n) is 3.42. The molecule has 54 valence electrons. The fourth-order valence-corrected chi connectivity index (χ4v) is 2.08. The van der Waals surface area contributed by atoms with Crippen LogP contribution in [0.25, 0.3) is 0 Å². The molecule has 1 fully saturated rings. The normalized spacial score (nSPS) is 35.3. The molecule has 0 unspecified atom stereocenters. The summed E-state index contributed by atoms with van der Waals surface area (Å²) in [6.45, 7) is 4.27. The summed E-state index contributed by atoms with van der Waals surface area (Å²) in [7, 11) is 0. The molecule has 0 aliphatic carbocycles. The Hall–Kier alpha value is 0.270. The average molecular weight is 146 g/mol. The molecule has 2 atom stereocenters. The lowest BCUT2D eigenvalue weighted by Crippen LogP contribution is -2.30. The molecule has 0 bridgehead atoms. The second-order valence-electron chi connectivity index (χ2n) is 2.32. The van der Waals surface area contributed by atoms with Crippen LogP contribution in [0.1, 0.15) is 6.92 Å². The van der Waals surface area contributed by atoms with Crippen molar-refractivity contribution in [1.29, 1.82) is 0 Å². The molecule has 1 aliphatic heterocycles. The van der Waals surface area contributed by atoms with E-state index in [2.05, 4.69) is 12.2 Å². The second-order valence-corrected chi connectivity index (χ2v) is 3.83. The first kappa shape index (κ1) is 7.38. The van der Waals surface area contributed by atoms with Crippen LogP contribution in [0.5, 0.6) is 0 Å². The van der Waals surface area contributed by atoms with Crippen molar-refractivity contribution >= 4 is 11.8 Å². The third-order valence-electron chi connectivity index (χ3n) is 1.58. The Labute approximate surface area is 60.6 Å². The molecular weight excluding hydrogens is 132 g/mol. The highest BCUT2D eigenvalue weighted by atomic mass is 32.2. The molecule has 0 saturated carbocycles. The highest BCUT2D eigenvalue weighted by molar-refractivity contribution is 7.99. The van der Waals surface area contributed by atoms with E-state index >= 15 is 0 Å². The van der Waals surface area contributed by atoms with E-state index in [0.29, 0.717) is 11.3 Å². The van der Waals surface area contributed by atoms with Crippen molar-refractivity contribution in [3.05, 3.63) is 0 Å². The summed E-state index contributed by atoms with van der Waals surface area (Å²) < 4.78 is 0. The van der Waals surface area contributed by atoms with Gasteiger partial charge in [-0.2, -0.15) is 11.8 Å². The Morgan fingerprint density at radius 1 is 1.67 bits per heavy atom. The van der Waals surface area contributed by atoms with Crippen LogP contribution in [0.3, 0.4) is 0 Å². The number of rotatable bonds is 2. The first-order valence-corrected chi connectivity index (χ1v) is 4.47. The highest BCUT2D eigenvalue weighted by Gasteiger charge is 2.22. The highest BCUT2D eigenvalue weighted by Crippen LogP contribution is 2.15. The predicted octanol–water partition coefficient (Wildman–Crippen LogP) is 0.0386. The summed E-state index contributed by atoms with van der Waals surface area (Å²) in [6, 6.07) is 0.384. The fourth-order valence-electron chi connectivity index (χ4n) is 1.07. The zero-order chi connectivity index (χ0) is 6.69. The lowest BCUT2D eigenvalue weighted by molar-refractivity contribution is 0.751. The molecule has 1 aliphatic rings. The molecule has 0 aromatic heterocycles. The van der Waals surface area contributed by atoms with Gasteiger partial charge < -0.3 is 11.1 Å². The lowest BCUT2D eigenvalue weighted by atomic mass is 10.3. The summed E-state index contributed by atoms with van der Waals surface area (Å²) in [5.41, 5.74) is 5.78. The Morgan fingerprint density at radius 3 is 2.89 bits per heavy atom. The third kappa shape index (κ3) is 1.85. The van der Waals surface area contributed by atoms with E-state index in [1.165, 1.54) is 5.75 Å². The number of thioether (sulfide) groups is 1. The summed E-state index contributed by atoms with van der Waals surface area (Å²) in [4.78, 5) is 0. The SMILES string of the molecule is CCS[C@H]1CNC[C@@H]1N. The standard InChI is InChI=1S/C6H14N2S/c1-2-9-6-4-8-3-5(6)7/h5-6,8H,2-4,7H2,1H3/t5-,6-/m0/s1. The molecule has 0 radical (unpaired) electrons. The quantitative estimate of drug-likeness (QED) is 0.577. The Bertz CT molecular complexity index is 87.1. The molecule has 0 spiro atoms. The van der Waals surface area contributed by atoms with Crippen molar-refractivity contribution in [3.63, 3.8) is 0 Å². The van der Waals surface area contributed by atoms with Gasteiger partial charge in [0.05, 0.1) is 0 Å². The minimum atomic E-state index is 0.384. The van der Waals surface area contributed by atoms with Crippen LogP contribution in [-0.4, -0.2) is 30.1 Å². The van der Waals surface area contributed by atoms with Gasteiger partial charge in [0, 0.05) is 24.4 Å². The molecule has 1 rings (SSSR count). The minimum Gasteiger partial charge on any atom is -0.326 e. The monoisotopic (exact) mass is 146 g/mol. The van der Waals surface area contributed by atoms with Gasteiger partial charge in [0.15, 0.2) is 0 Å². The Morgan fingerprint density at radius 2 is 2.44 bits per heavy atom. The maximum absolute atomic E-state index is 5.78. The van der Waals surface area contributed by atoms with Gasteiger partial charge in [-0.1, -0.05) is 6.92 Å². The molecule has 9 heavy (non-hydrogen) atoms. The van der Waals surface area contributed by atoms with E-state index in [4.69, 9.17) is 5.73 Å². The number of hydrogen-bond donors (Lipinski definition) is 2. The number of nitrogens with two attached hydrogens (primary N) is 1.